The molecule has 0 amide bonds. The Bertz CT molecular complexity index is 755. The van der Waals surface area contributed by atoms with Crippen LogP contribution in [0.25, 0.3) is 0 Å². The Kier molecular flexibility index (Phi) is 6.27. The molecule has 0 fully saturated rings. The number of benzene rings is 1. The quantitative estimate of drug-likeness (QED) is 0.740. The fourth-order valence-corrected chi connectivity index (χ4v) is 3.09. The molecular weight excluding hydrogens is 357 g/mol. The number of nitriles is 1. The van der Waals surface area contributed by atoms with E-state index in [1.165, 1.54) is 32.9 Å². The number of nitrogens with zero attached hydrogens (tertiary/aromatic N) is 1. The van der Waals surface area contributed by atoms with Crippen molar-refractivity contribution in [2.24, 2.45) is 0 Å². The maximum Gasteiger partial charge on any atom is 0.293 e. The van der Waals surface area contributed by atoms with Gasteiger partial charge in [-0.3, -0.25) is 0 Å². The van der Waals surface area contributed by atoms with E-state index in [-0.39, 0.29) is 0 Å². The lowest BCUT2D eigenvalue weighted by molar-refractivity contribution is -0.128. The lowest BCUT2D eigenvalue weighted by Gasteiger charge is -2.39. The number of alkyl halides is 2. The number of rotatable bonds is 7. The van der Waals surface area contributed by atoms with Gasteiger partial charge in [0.2, 0.25) is 10.0 Å². The summed E-state index contributed by atoms with van der Waals surface area (Å²) < 4.78 is 74.0. The molecule has 0 heterocycles. The Morgan fingerprint density at radius 2 is 1.76 bits per heavy atom. The molecule has 0 aromatic heterocycles. The first kappa shape index (κ1) is 21.4. The van der Waals surface area contributed by atoms with E-state index in [2.05, 4.69) is 4.74 Å². The standard InChI is InChI=1S/C16H21F3N2O3S/c1-14(2,3)25(22,23)21-15(4,12-7-5-6-8-13(12)17)16(18,19)11-24-10-9-20/h5-8,21H,10-11H2,1-4H3/t15-/m1/s1. The van der Waals surface area contributed by atoms with E-state index in [1.807, 2.05) is 4.72 Å². The van der Waals surface area contributed by atoms with Crippen LogP contribution in [-0.4, -0.2) is 32.3 Å². The van der Waals surface area contributed by atoms with Crippen LogP contribution >= 0.6 is 0 Å². The van der Waals surface area contributed by atoms with Crippen LogP contribution in [0.4, 0.5) is 13.2 Å². The van der Waals surface area contributed by atoms with Gasteiger partial charge < -0.3 is 4.74 Å². The minimum atomic E-state index is -4.25. The Morgan fingerprint density at radius 3 is 2.24 bits per heavy atom. The summed E-state index contributed by atoms with van der Waals surface area (Å²) in [6.07, 6.45) is 0. The van der Waals surface area contributed by atoms with Crippen LogP contribution in [0.15, 0.2) is 24.3 Å². The maximum atomic E-state index is 14.9. The molecule has 140 valence electrons. The molecule has 1 rings (SSSR count). The normalized spacial score (nSPS) is 15.4. The van der Waals surface area contributed by atoms with Gasteiger partial charge in [-0.05, 0) is 33.8 Å². The van der Waals surface area contributed by atoms with Crippen molar-refractivity contribution < 1.29 is 26.3 Å². The first-order valence-corrected chi connectivity index (χ1v) is 8.88. The molecule has 1 N–H and O–H groups in total. The van der Waals surface area contributed by atoms with E-state index in [1.54, 1.807) is 6.07 Å². The molecule has 0 aliphatic rings. The molecule has 0 aliphatic heterocycles. The van der Waals surface area contributed by atoms with E-state index in [0.29, 0.717) is 0 Å². The Hall–Kier alpha value is -1.63. The van der Waals surface area contributed by atoms with E-state index in [0.717, 1.165) is 19.1 Å². The van der Waals surface area contributed by atoms with Gasteiger partial charge in [0.25, 0.3) is 5.92 Å². The first-order valence-electron chi connectivity index (χ1n) is 7.39. The van der Waals surface area contributed by atoms with Gasteiger partial charge in [-0.15, -0.1) is 0 Å². The predicted molar refractivity (Wildman–Crippen MR) is 86.9 cm³/mol. The molecule has 9 heteroatoms. The van der Waals surface area contributed by atoms with E-state index in [9.17, 15) is 21.6 Å². The lowest BCUT2D eigenvalue weighted by atomic mass is 9.86. The van der Waals surface area contributed by atoms with Crippen molar-refractivity contribution in [2.75, 3.05) is 13.2 Å². The van der Waals surface area contributed by atoms with Crippen molar-refractivity contribution in [3.05, 3.63) is 35.6 Å². The summed E-state index contributed by atoms with van der Waals surface area (Å²) in [5, 5.41) is 8.43. The monoisotopic (exact) mass is 378 g/mol. The summed E-state index contributed by atoms with van der Waals surface area (Å²) in [6, 6.07) is 6.23. The molecule has 0 radical (unpaired) electrons. The van der Waals surface area contributed by atoms with Crippen LogP contribution in [0.2, 0.25) is 0 Å². The molecule has 0 saturated heterocycles. The fourth-order valence-electron chi connectivity index (χ4n) is 1.98. The molecule has 25 heavy (non-hydrogen) atoms. The van der Waals surface area contributed by atoms with Crippen LogP contribution in [0.1, 0.15) is 33.3 Å². The maximum absolute atomic E-state index is 14.9. The molecule has 1 aromatic carbocycles. The highest BCUT2D eigenvalue weighted by Gasteiger charge is 2.56. The van der Waals surface area contributed by atoms with Crippen molar-refractivity contribution in [1.29, 1.82) is 5.26 Å². The SMILES string of the molecule is CC(C)(C)S(=O)(=O)N[C@](C)(c1ccccc1F)C(F)(F)COCC#N. The van der Waals surface area contributed by atoms with Crippen molar-refractivity contribution in [3.8, 4) is 6.07 Å². The highest BCUT2D eigenvalue weighted by molar-refractivity contribution is 7.90. The van der Waals surface area contributed by atoms with Crippen molar-refractivity contribution in [3.63, 3.8) is 0 Å². The zero-order valence-electron chi connectivity index (χ0n) is 14.4. The van der Waals surface area contributed by atoms with Crippen molar-refractivity contribution >= 4 is 10.0 Å². The number of halogens is 3. The largest absolute Gasteiger partial charge is 0.360 e. The van der Waals surface area contributed by atoms with Gasteiger partial charge >= 0.3 is 0 Å². The molecule has 1 atom stereocenters. The van der Waals surface area contributed by atoms with E-state index < -0.39 is 50.8 Å². The van der Waals surface area contributed by atoms with Crippen LogP contribution in [0.3, 0.4) is 0 Å². The summed E-state index contributed by atoms with van der Waals surface area (Å²) in [5.41, 5.74) is -3.13. The average molecular weight is 378 g/mol. The molecule has 1 aromatic rings. The number of hydrogen-bond acceptors (Lipinski definition) is 4. The molecular formula is C16H21F3N2O3S. The van der Waals surface area contributed by atoms with Crippen LogP contribution in [0.5, 0.6) is 0 Å². The van der Waals surface area contributed by atoms with Gasteiger partial charge in [0.05, 0.1) is 10.8 Å². The highest BCUT2D eigenvalue weighted by Crippen LogP contribution is 2.40. The van der Waals surface area contributed by atoms with Gasteiger partial charge in [0.1, 0.15) is 24.6 Å². The van der Waals surface area contributed by atoms with Crippen LogP contribution in [0, 0.1) is 17.1 Å². The van der Waals surface area contributed by atoms with Crippen molar-refractivity contribution in [1.82, 2.24) is 4.72 Å². The Morgan fingerprint density at radius 1 is 1.20 bits per heavy atom. The lowest BCUT2D eigenvalue weighted by Crippen LogP contribution is -2.60. The number of ether oxygens (including phenoxy) is 1. The minimum Gasteiger partial charge on any atom is -0.360 e. The summed E-state index contributed by atoms with van der Waals surface area (Å²) in [4.78, 5) is 0. The van der Waals surface area contributed by atoms with Gasteiger partial charge in [-0.1, -0.05) is 18.2 Å². The topological polar surface area (TPSA) is 79.2 Å². The third-order valence-electron chi connectivity index (χ3n) is 3.74. The molecule has 5 nitrogen and oxygen atoms in total. The third kappa shape index (κ3) is 4.51. The van der Waals surface area contributed by atoms with E-state index in [4.69, 9.17) is 5.26 Å². The van der Waals surface area contributed by atoms with Crippen LogP contribution in [-0.2, 0) is 20.3 Å². The van der Waals surface area contributed by atoms with Gasteiger partial charge in [0.15, 0.2) is 0 Å². The van der Waals surface area contributed by atoms with Crippen molar-refractivity contribution in [2.45, 2.75) is 43.9 Å². The molecule has 0 saturated carbocycles. The second kappa shape index (κ2) is 7.32. The molecule has 0 unspecified atom stereocenters. The van der Waals surface area contributed by atoms with Crippen LogP contribution < -0.4 is 4.72 Å². The fraction of sp³-hybridized carbons (Fsp3) is 0.562. The highest BCUT2D eigenvalue weighted by atomic mass is 32.2. The third-order valence-corrected chi connectivity index (χ3v) is 6.03. The number of sulfonamides is 1. The molecule has 0 aliphatic carbocycles. The summed E-state index contributed by atoms with van der Waals surface area (Å²) in [6.45, 7) is 3.04. The summed E-state index contributed by atoms with van der Waals surface area (Å²) in [7, 11) is -4.25. The Labute approximate surface area is 145 Å². The number of hydrogen-bond donors (Lipinski definition) is 1. The average Bonchev–Trinajstić information content (AvgIpc) is 2.45. The molecule has 0 bridgehead atoms. The van der Waals surface area contributed by atoms with E-state index >= 15 is 0 Å². The molecule has 0 spiro atoms. The summed E-state index contributed by atoms with van der Waals surface area (Å²) >= 11 is 0. The van der Waals surface area contributed by atoms with Gasteiger partial charge in [-0.25, -0.2) is 21.6 Å². The smallest absolute Gasteiger partial charge is 0.293 e. The Balaban J connectivity index is 3.48. The zero-order valence-corrected chi connectivity index (χ0v) is 15.3. The number of nitrogens with one attached hydrogen (secondary N) is 1. The van der Waals surface area contributed by atoms with Gasteiger partial charge in [-0.2, -0.15) is 9.98 Å². The van der Waals surface area contributed by atoms with Gasteiger partial charge in [0, 0.05) is 5.56 Å². The minimum absolute atomic E-state index is 0.520. The second-order valence-electron chi connectivity index (χ2n) is 6.68. The second-order valence-corrected chi connectivity index (χ2v) is 9.11. The first-order chi connectivity index (χ1) is 11.3. The predicted octanol–water partition coefficient (Wildman–Crippen LogP) is 2.93. The zero-order chi connectivity index (χ0) is 19.5. The summed E-state index contributed by atoms with van der Waals surface area (Å²) in [5.74, 6) is -4.81.